The molecule has 0 spiro atoms. The van der Waals surface area contributed by atoms with Gasteiger partial charge >= 0.3 is 5.97 Å². The van der Waals surface area contributed by atoms with Crippen molar-refractivity contribution in [3.05, 3.63) is 0 Å². The van der Waals surface area contributed by atoms with Crippen molar-refractivity contribution in [2.45, 2.75) is 31.8 Å². The molecule has 1 aliphatic rings. The molecule has 0 aromatic carbocycles. The first-order valence-electron chi connectivity index (χ1n) is 5.79. The average Bonchev–Trinajstić information content (AvgIpc) is 2.08. The van der Waals surface area contributed by atoms with Crippen LogP contribution in [0.3, 0.4) is 0 Å². The number of carbonyl (C=O) groups excluding carboxylic acids is 1. The van der Waals surface area contributed by atoms with Gasteiger partial charge in [0.05, 0.1) is 18.5 Å². The lowest BCUT2D eigenvalue weighted by atomic mass is 9.87. The smallest absolute Gasteiger partial charge is 0.305 e. The van der Waals surface area contributed by atoms with E-state index in [9.17, 15) is 9.59 Å². The topological polar surface area (TPSA) is 81.7 Å². The van der Waals surface area contributed by atoms with E-state index in [0.717, 1.165) is 0 Å². The number of hydrogen-bond donors (Lipinski definition) is 3. The Morgan fingerprint density at radius 2 is 2.06 bits per heavy atom. The van der Waals surface area contributed by atoms with E-state index in [4.69, 9.17) is 5.11 Å². The molecule has 6 nitrogen and oxygen atoms in total. The van der Waals surface area contributed by atoms with Crippen LogP contribution in [0.2, 0.25) is 0 Å². The van der Waals surface area contributed by atoms with Crippen LogP contribution in [0.1, 0.15) is 20.3 Å². The first-order valence-corrected chi connectivity index (χ1v) is 5.79. The summed E-state index contributed by atoms with van der Waals surface area (Å²) in [6.07, 6.45) is 0.0610. The fourth-order valence-corrected chi connectivity index (χ4v) is 1.98. The number of carboxylic acids is 1. The third kappa shape index (κ3) is 3.67. The monoisotopic (exact) mass is 243 g/mol. The molecule has 0 aliphatic carbocycles. The van der Waals surface area contributed by atoms with Gasteiger partial charge in [0, 0.05) is 19.1 Å². The predicted molar refractivity (Wildman–Crippen MR) is 63.8 cm³/mol. The van der Waals surface area contributed by atoms with Crippen molar-refractivity contribution in [1.29, 1.82) is 0 Å². The number of rotatable bonds is 6. The minimum atomic E-state index is -0.831. The van der Waals surface area contributed by atoms with Crippen molar-refractivity contribution in [3.8, 4) is 0 Å². The zero-order chi connectivity index (χ0) is 13.1. The van der Waals surface area contributed by atoms with Crippen molar-refractivity contribution < 1.29 is 14.7 Å². The summed E-state index contributed by atoms with van der Waals surface area (Å²) in [6, 6.07) is 0.103. The summed E-state index contributed by atoms with van der Waals surface area (Å²) in [6.45, 7) is 5.26. The zero-order valence-electron chi connectivity index (χ0n) is 10.6. The van der Waals surface area contributed by atoms with Crippen LogP contribution in [-0.2, 0) is 9.59 Å². The molecule has 0 saturated carbocycles. The number of carbonyl (C=O) groups is 2. The van der Waals surface area contributed by atoms with Gasteiger partial charge in [0.2, 0.25) is 5.91 Å². The van der Waals surface area contributed by atoms with Crippen LogP contribution in [0, 0.1) is 0 Å². The van der Waals surface area contributed by atoms with Crippen molar-refractivity contribution in [2.24, 2.45) is 0 Å². The number of aliphatic carboxylic acids is 1. The van der Waals surface area contributed by atoms with Gasteiger partial charge in [-0.2, -0.15) is 0 Å². The lowest BCUT2D eigenvalue weighted by molar-refractivity contribution is -0.142. The molecule has 0 aromatic rings. The number of likely N-dealkylation sites (N-methyl/N-ethyl adjacent to an activating group) is 1. The quantitative estimate of drug-likeness (QED) is 0.572. The highest BCUT2D eigenvalue weighted by molar-refractivity contribution is 5.78. The van der Waals surface area contributed by atoms with Gasteiger partial charge in [0.15, 0.2) is 0 Å². The molecule has 1 aliphatic heterocycles. The molecule has 0 radical (unpaired) electrons. The fourth-order valence-electron chi connectivity index (χ4n) is 1.98. The Morgan fingerprint density at radius 3 is 2.41 bits per heavy atom. The molecular weight excluding hydrogens is 222 g/mol. The van der Waals surface area contributed by atoms with Crippen LogP contribution < -0.4 is 10.6 Å². The summed E-state index contributed by atoms with van der Waals surface area (Å²) in [7, 11) is 1.80. The maximum atomic E-state index is 11.6. The lowest BCUT2D eigenvalue weighted by Gasteiger charge is -2.48. The second-order valence-electron chi connectivity index (χ2n) is 4.98. The number of nitrogens with zero attached hydrogens (tertiary/aromatic N) is 1. The van der Waals surface area contributed by atoms with Gasteiger partial charge in [0.25, 0.3) is 0 Å². The van der Waals surface area contributed by atoms with E-state index < -0.39 is 11.5 Å². The summed E-state index contributed by atoms with van der Waals surface area (Å²) in [4.78, 5) is 24.3. The van der Waals surface area contributed by atoms with Crippen LogP contribution in [0.5, 0.6) is 0 Å². The van der Waals surface area contributed by atoms with Gasteiger partial charge in [-0.3, -0.25) is 14.5 Å². The Labute approximate surface area is 101 Å². The van der Waals surface area contributed by atoms with Crippen molar-refractivity contribution in [3.63, 3.8) is 0 Å². The Bertz CT molecular complexity index is 300. The number of hydrogen-bond acceptors (Lipinski definition) is 4. The zero-order valence-corrected chi connectivity index (χ0v) is 10.6. The molecule has 1 heterocycles. The third-order valence-electron chi connectivity index (χ3n) is 3.03. The minimum Gasteiger partial charge on any atom is -0.481 e. The highest BCUT2D eigenvalue weighted by Crippen LogP contribution is 2.23. The predicted octanol–water partition coefficient (Wildman–Crippen LogP) is -0.740. The molecule has 1 amide bonds. The summed E-state index contributed by atoms with van der Waals surface area (Å²) >= 11 is 0. The highest BCUT2D eigenvalue weighted by atomic mass is 16.4. The Hall–Kier alpha value is -1.14. The van der Waals surface area contributed by atoms with Gasteiger partial charge in [-0.25, -0.2) is 0 Å². The Morgan fingerprint density at radius 1 is 1.47 bits per heavy atom. The Balaban J connectivity index is 2.52. The second kappa shape index (κ2) is 5.46. The van der Waals surface area contributed by atoms with E-state index >= 15 is 0 Å². The van der Waals surface area contributed by atoms with Crippen molar-refractivity contribution in [2.75, 3.05) is 26.7 Å². The normalized spacial score (nSPS) is 17.9. The van der Waals surface area contributed by atoms with E-state index in [1.165, 1.54) is 0 Å². The van der Waals surface area contributed by atoms with Crippen LogP contribution >= 0.6 is 0 Å². The molecule has 0 atom stereocenters. The molecule has 0 bridgehead atoms. The molecular formula is C11H21N3O3. The van der Waals surface area contributed by atoms with Gasteiger partial charge in [-0.05, 0) is 20.9 Å². The van der Waals surface area contributed by atoms with Crippen molar-refractivity contribution >= 4 is 11.9 Å². The van der Waals surface area contributed by atoms with Crippen LogP contribution in [0.4, 0.5) is 0 Å². The molecule has 1 fully saturated rings. The summed E-state index contributed by atoms with van der Waals surface area (Å²) in [5.74, 6) is -0.901. The largest absolute Gasteiger partial charge is 0.481 e. The van der Waals surface area contributed by atoms with Gasteiger partial charge in [0.1, 0.15) is 0 Å². The third-order valence-corrected chi connectivity index (χ3v) is 3.03. The van der Waals surface area contributed by atoms with E-state index in [1.807, 2.05) is 18.7 Å². The molecule has 1 saturated heterocycles. The van der Waals surface area contributed by atoms with E-state index in [2.05, 4.69) is 10.6 Å². The second-order valence-corrected chi connectivity index (χ2v) is 4.98. The van der Waals surface area contributed by atoms with Crippen LogP contribution in [-0.4, -0.2) is 60.1 Å². The molecule has 3 N–H and O–H groups in total. The van der Waals surface area contributed by atoms with Gasteiger partial charge in [-0.1, -0.05) is 0 Å². The fraction of sp³-hybridized carbons (Fsp3) is 0.818. The highest BCUT2D eigenvalue weighted by Gasteiger charge is 2.43. The van der Waals surface area contributed by atoms with Gasteiger partial charge < -0.3 is 15.7 Å². The lowest BCUT2D eigenvalue weighted by Crippen LogP contribution is -2.69. The first-order chi connectivity index (χ1) is 7.85. The summed E-state index contributed by atoms with van der Waals surface area (Å²) in [5, 5.41) is 14.8. The number of nitrogens with one attached hydrogen (secondary N) is 2. The molecule has 0 aromatic heterocycles. The number of amides is 1. The average molecular weight is 243 g/mol. The molecule has 98 valence electrons. The summed E-state index contributed by atoms with van der Waals surface area (Å²) in [5.41, 5.74) is -0.417. The Kier molecular flexibility index (Phi) is 4.47. The molecule has 6 heteroatoms. The maximum Gasteiger partial charge on any atom is 0.305 e. The minimum absolute atomic E-state index is 0.0610. The van der Waals surface area contributed by atoms with Crippen LogP contribution in [0.25, 0.3) is 0 Å². The SMILES string of the molecule is CC(C)NC(=O)CN(C)C1(CC(=O)O)CNC1. The summed E-state index contributed by atoms with van der Waals surface area (Å²) < 4.78 is 0. The van der Waals surface area contributed by atoms with E-state index in [1.54, 1.807) is 7.05 Å². The van der Waals surface area contributed by atoms with Crippen molar-refractivity contribution in [1.82, 2.24) is 15.5 Å². The molecule has 17 heavy (non-hydrogen) atoms. The molecule has 0 unspecified atom stereocenters. The number of carboxylic acid groups (broad SMARTS) is 1. The van der Waals surface area contributed by atoms with Gasteiger partial charge in [-0.15, -0.1) is 0 Å². The first kappa shape index (κ1) is 13.9. The standard InChI is InChI=1S/C11H21N3O3/c1-8(2)13-9(15)5-14(3)11(4-10(16)17)6-12-7-11/h8,12H,4-7H2,1-3H3,(H,13,15)(H,16,17). The van der Waals surface area contributed by atoms with Crippen LogP contribution in [0.15, 0.2) is 0 Å². The maximum absolute atomic E-state index is 11.6. The van der Waals surface area contributed by atoms with E-state index in [-0.39, 0.29) is 24.9 Å². The molecule has 1 rings (SSSR count). The van der Waals surface area contributed by atoms with E-state index in [0.29, 0.717) is 13.1 Å².